The quantitative estimate of drug-likeness (QED) is 0.631. The zero-order chi connectivity index (χ0) is 19.3. The van der Waals surface area contributed by atoms with E-state index in [1.165, 1.54) is 18.3 Å². The van der Waals surface area contributed by atoms with Crippen LogP contribution in [0.25, 0.3) is 0 Å². The van der Waals surface area contributed by atoms with Crippen molar-refractivity contribution in [3.05, 3.63) is 11.1 Å². The van der Waals surface area contributed by atoms with Gasteiger partial charge in [0.05, 0.1) is 11.5 Å². The van der Waals surface area contributed by atoms with Gasteiger partial charge < -0.3 is 15.4 Å². The van der Waals surface area contributed by atoms with Gasteiger partial charge in [0.25, 0.3) is 5.91 Å². The molecule has 0 radical (unpaired) electrons. The summed E-state index contributed by atoms with van der Waals surface area (Å²) in [5.74, 6) is -0.624. The fourth-order valence-corrected chi connectivity index (χ4v) is 4.80. The molecule has 1 aliphatic heterocycles. The number of hydrogen-bond donors (Lipinski definition) is 2. The van der Waals surface area contributed by atoms with Crippen LogP contribution < -0.4 is 10.6 Å². The molecule has 0 spiro atoms. The molecular weight excluding hydrogens is 378 g/mol. The molecule has 146 valence electrons. The maximum atomic E-state index is 12.1. The van der Waals surface area contributed by atoms with Crippen LogP contribution in [0.15, 0.2) is 5.38 Å². The first-order valence-corrected chi connectivity index (χ1v) is 11.3. The number of nitrogens with one attached hydrogen (secondary N) is 2. The molecule has 0 bridgehead atoms. The van der Waals surface area contributed by atoms with E-state index in [9.17, 15) is 18.0 Å². The Labute approximate surface area is 157 Å². The summed E-state index contributed by atoms with van der Waals surface area (Å²) < 4.78 is 28.0. The number of carbonyl (C=O) groups is 2. The smallest absolute Gasteiger partial charge is 0.358 e. The first-order chi connectivity index (χ1) is 12.2. The Balaban J connectivity index is 1.81. The van der Waals surface area contributed by atoms with Gasteiger partial charge in [0.1, 0.15) is 0 Å². The summed E-state index contributed by atoms with van der Waals surface area (Å²) >= 11 is 1.30. The lowest BCUT2D eigenvalue weighted by Crippen LogP contribution is -2.42. The fourth-order valence-electron chi connectivity index (χ4n) is 2.42. The van der Waals surface area contributed by atoms with Gasteiger partial charge in [-0.1, -0.05) is 13.8 Å². The van der Waals surface area contributed by atoms with Crippen LogP contribution in [0.4, 0.5) is 5.13 Å². The van der Waals surface area contributed by atoms with E-state index in [-0.39, 0.29) is 17.2 Å². The summed E-state index contributed by atoms with van der Waals surface area (Å²) in [6.45, 7) is 6.47. The number of nitrogens with zero attached hydrogens (tertiary/aromatic N) is 1. The van der Waals surface area contributed by atoms with Crippen LogP contribution in [-0.4, -0.2) is 55.5 Å². The summed E-state index contributed by atoms with van der Waals surface area (Å²) in [4.78, 5) is 28.4. The van der Waals surface area contributed by atoms with Crippen molar-refractivity contribution in [2.75, 3.05) is 23.4 Å². The highest BCUT2D eigenvalue weighted by Gasteiger charge is 2.31. The van der Waals surface area contributed by atoms with Crippen molar-refractivity contribution in [3.63, 3.8) is 0 Å². The molecule has 0 aromatic carbocycles. The number of hydrogen-bond acceptors (Lipinski definition) is 8. The number of esters is 1. The zero-order valence-corrected chi connectivity index (χ0v) is 16.8. The van der Waals surface area contributed by atoms with Crippen molar-refractivity contribution >= 4 is 38.2 Å². The minimum atomic E-state index is -3.08. The van der Waals surface area contributed by atoms with Crippen molar-refractivity contribution in [3.8, 4) is 0 Å². The molecule has 10 heteroatoms. The summed E-state index contributed by atoms with van der Waals surface area (Å²) in [7, 11) is -3.08. The predicted octanol–water partition coefficient (Wildman–Crippen LogP) is 1.45. The van der Waals surface area contributed by atoms with E-state index in [4.69, 9.17) is 4.74 Å². The standard InChI is InChI=1S/C16H25N3O5S2/c1-10(2)4-6-17-16-19-13(8-25-16)15(21)24-11(3)14(20)18-12-5-7-26(22,23)9-12/h8,10-12H,4-7,9H2,1-3H3,(H,17,19)(H,18,20)/t11-,12-/m0/s1. The lowest BCUT2D eigenvalue weighted by molar-refractivity contribution is -0.129. The number of rotatable bonds is 8. The SMILES string of the molecule is CC(C)CCNc1nc(C(=O)O[C@@H](C)C(=O)N[C@H]2CCS(=O)(=O)C2)cs1. The number of thiazole rings is 1. The minimum absolute atomic E-state index is 0.0670. The molecule has 1 saturated heterocycles. The van der Waals surface area contributed by atoms with E-state index in [2.05, 4.69) is 29.5 Å². The average molecular weight is 404 g/mol. The molecule has 1 aliphatic rings. The Kier molecular flexibility index (Phi) is 6.99. The monoisotopic (exact) mass is 403 g/mol. The number of ether oxygens (including phenoxy) is 1. The van der Waals surface area contributed by atoms with E-state index >= 15 is 0 Å². The van der Waals surface area contributed by atoms with Crippen LogP contribution in [0.5, 0.6) is 0 Å². The molecule has 0 aliphatic carbocycles. The number of amides is 1. The second kappa shape index (κ2) is 8.81. The minimum Gasteiger partial charge on any atom is -0.448 e. The first-order valence-electron chi connectivity index (χ1n) is 8.57. The van der Waals surface area contributed by atoms with Crippen molar-refractivity contribution in [2.24, 2.45) is 5.92 Å². The van der Waals surface area contributed by atoms with Gasteiger partial charge in [0, 0.05) is 18.0 Å². The number of sulfone groups is 1. The largest absolute Gasteiger partial charge is 0.448 e. The van der Waals surface area contributed by atoms with E-state index in [0.717, 1.165) is 13.0 Å². The number of anilines is 1. The maximum absolute atomic E-state index is 12.1. The van der Waals surface area contributed by atoms with Gasteiger partial charge in [-0.05, 0) is 25.7 Å². The second-order valence-electron chi connectivity index (χ2n) is 6.80. The lowest BCUT2D eigenvalue weighted by Gasteiger charge is -2.16. The number of carbonyl (C=O) groups excluding carboxylic acids is 2. The van der Waals surface area contributed by atoms with Crippen molar-refractivity contribution < 1.29 is 22.7 Å². The molecule has 1 amide bonds. The van der Waals surface area contributed by atoms with Crippen molar-refractivity contribution in [1.29, 1.82) is 0 Å². The average Bonchev–Trinajstić information content (AvgIpc) is 3.13. The first kappa shape index (κ1) is 20.6. The van der Waals surface area contributed by atoms with Gasteiger partial charge in [-0.25, -0.2) is 18.2 Å². The van der Waals surface area contributed by atoms with Crippen molar-refractivity contribution in [2.45, 2.75) is 45.8 Å². The van der Waals surface area contributed by atoms with Crippen LogP contribution in [0.3, 0.4) is 0 Å². The third kappa shape index (κ3) is 6.24. The van der Waals surface area contributed by atoms with Gasteiger partial charge in [0.2, 0.25) is 0 Å². The third-order valence-corrected chi connectivity index (χ3v) is 6.51. The van der Waals surface area contributed by atoms with E-state index in [0.29, 0.717) is 17.5 Å². The molecule has 2 atom stereocenters. The lowest BCUT2D eigenvalue weighted by atomic mass is 10.1. The van der Waals surface area contributed by atoms with Crippen molar-refractivity contribution in [1.82, 2.24) is 10.3 Å². The van der Waals surface area contributed by atoms with Gasteiger partial charge >= 0.3 is 5.97 Å². The topological polar surface area (TPSA) is 114 Å². The summed E-state index contributed by atoms with van der Waals surface area (Å²) in [5, 5.41) is 7.96. The second-order valence-corrected chi connectivity index (χ2v) is 9.89. The highest BCUT2D eigenvalue weighted by molar-refractivity contribution is 7.91. The molecule has 26 heavy (non-hydrogen) atoms. The molecule has 1 aromatic rings. The van der Waals surface area contributed by atoms with Crippen LogP contribution in [0.1, 0.15) is 44.1 Å². The molecule has 2 N–H and O–H groups in total. The van der Waals surface area contributed by atoms with Crippen LogP contribution in [-0.2, 0) is 19.4 Å². The van der Waals surface area contributed by atoms with E-state index in [1.807, 2.05) is 0 Å². The van der Waals surface area contributed by atoms with Gasteiger partial charge in [-0.15, -0.1) is 11.3 Å². The van der Waals surface area contributed by atoms with Gasteiger partial charge in [0.15, 0.2) is 26.8 Å². The third-order valence-electron chi connectivity index (χ3n) is 3.94. The summed E-state index contributed by atoms with van der Waals surface area (Å²) in [6, 6.07) is -0.426. The molecule has 0 saturated carbocycles. The Bertz CT molecular complexity index is 745. The van der Waals surface area contributed by atoms with Crippen LogP contribution in [0.2, 0.25) is 0 Å². The molecular formula is C16H25N3O5S2. The Morgan fingerprint density at radius 1 is 1.38 bits per heavy atom. The van der Waals surface area contributed by atoms with E-state index in [1.54, 1.807) is 5.38 Å². The molecule has 0 unspecified atom stereocenters. The molecule has 2 rings (SSSR count). The Morgan fingerprint density at radius 2 is 2.12 bits per heavy atom. The van der Waals surface area contributed by atoms with Gasteiger partial charge in [-0.2, -0.15) is 0 Å². The maximum Gasteiger partial charge on any atom is 0.358 e. The summed E-state index contributed by atoms with van der Waals surface area (Å²) in [6.07, 6.45) is 0.351. The number of aromatic nitrogens is 1. The Hall–Kier alpha value is -1.68. The summed E-state index contributed by atoms with van der Waals surface area (Å²) in [5.41, 5.74) is 0.144. The highest BCUT2D eigenvalue weighted by atomic mass is 32.2. The predicted molar refractivity (Wildman–Crippen MR) is 100 cm³/mol. The van der Waals surface area contributed by atoms with Gasteiger partial charge in [-0.3, -0.25) is 4.79 Å². The normalized spacial score (nSPS) is 19.9. The molecule has 2 heterocycles. The van der Waals surface area contributed by atoms with Crippen LogP contribution in [0, 0.1) is 5.92 Å². The highest BCUT2D eigenvalue weighted by Crippen LogP contribution is 2.17. The fraction of sp³-hybridized carbons (Fsp3) is 0.688. The Morgan fingerprint density at radius 3 is 2.73 bits per heavy atom. The van der Waals surface area contributed by atoms with E-state index < -0.39 is 33.9 Å². The zero-order valence-electron chi connectivity index (χ0n) is 15.1. The molecule has 1 fully saturated rings. The molecule has 8 nitrogen and oxygen atoms in total. The molecule has 1 aromatic heterocycles. The van der Waals surface area contributed by atoms with Crippen LogP contribution >= 0.6 is 11.3 Å².